The van der Waals surface area contributed by atoms with Crippen molar-refractivity contribution in [2.75, 3.05) is 7.11 Å². The second-order valence-corrected chi connectivity index (χ2v) is 6.94. The maximum atomic E-state index is 5.19. The molecule has 2 aromatic carbocycles. The number of allylic oxidation sites excluding steroid dienone is 2. The van der Waals surface area contributed by atoms with Crippen molar-refractivity contribution in [3.8, 4) is 5.75 Å². The molecule has 120 valence electrons. The smallest absolute Gasteiger partial charge is 0.118 e. The van der Waals surface area contributed by atoms with Crippen LogP contribution in [0.3, 0.4) is 0 Å². The molecule has 0 heterocycles. The second kappa shape index (κ2) is 6.87. The van der Waals surface area contributed by atoms with Gasteiger partial charge >= 0.3 is 0 Å². The van der Waals surface area contributed by atoms with Crippen LogP contribution in [0.15, 0.2) is 61.7 Å². The topological polar surface area (TPSA) is 9.23 Å². The van der Waals surface area contributed by atoms with E-state index in [9.17, 15) is 0 Å². The van der Waals surface area contributed by atoms with Gasteiger partial charge in [0.2, 0.25) is 0 Å². The first kappa shape index (κ1) is 17.1. The van der Waals surface area contributed by atoms with Crippen molar-refractivity contribution < 1.29 is 4.74 Å². The molecular formula is C22H26O. The molecule has 0 bridgehead atoms. The van der Waals surface area contributed by atoms with E-state index in [1.165, 1.54) is 11.1 Å². The van der Waals surface area contributed by atoms with Crippen LogP contribution in [0.2, 0.25) is 0 Å². The minimum atomic E-state index is 0.173. The molecule has 2 rings (SSSR count). The predicted molar refractivity (Wildman–Crippen MR) is 101 cm³/mol. The predicted octanol–water partition coefficient (Wildman–Crippen LogP) is 6.11. The summed E-state index contributed by atoms with van der Waals surface area (Å²) in [6, 6.07) is 16.7. The van der Waals surface area contributed by atoms with Crippen LogP contribution < -0.4 is 4.74 Å². The molecule has 0 saturated carbocycles. The molecule has 23 heavy (non-hydrogen) atoms. The lowest BCUT2D eigenvalue weighted by Gasteiger charge is -2.19. The van der Waals surface area contributed by atoms with Gasteiger partial charge in [0.15, 0.2) is 0 Å². The van der Waals surface area contributed by atoms with Crippen LogP contribution in [-0.2, 0) is 5.41 Å². The molecule has 1 heteroatoms. The normalized spacial score (nSPS) is 11.1. The maximum absolute atomic E-state index is 5.19. The molecule has 0 saturated heterocycles. The third kappa shape index (κ3) is 4.35. The molecule has 0 aliphatic carbocycles. The van der Waals surface area contributed by atoms with Crippen molar-refractivity contribution in [1.82, 2.24) is 0 Å². The highest BCUT2D eigenvalue weighted by molar-refractivity contribution is 5.77. The number of rotatable bonds is 5. The highest BCUT2D eigenvalue weighted by Crippen LogP contribution is 2.29. The van der Waals surface area contributed by atoms with Crippen molar-refractivity contribution in [1.29, 1.82) is 0 Å². The molecule has 0 N–H and O–H groups in total. The molecule has 1 nitrogen and oxygen atoms in total. The molecule has 0 unspecified atom stereocenters. The van der Waals surface area contributed by atoms with Gasteiger partial charge in [0.25, 0.3) is 0 Å². The van der Waals surface area contributed by atoms with Crippen LogP contribution in [-0.4, -0.2) is 7.11 Å². The van der Waals surface area contributed by atoms with Crippen molar-refractivity contribution in [3.63, 3.8) is 0 Å². The van der Waals surface area contributed by atoms with Gasteiger partial charge < -0.3 is 4.74 Å². The fourth-order valence-electron chi connectivity index (χ4n) is 2.49. The molecule has 0 aliphatic heterocycles. The summed E-state index contributed by atoms with van der Waals surface area (Å²) < 4.78 is 5.19. The molecule has 0 fully saturated rings. The minimum Gasteiger partial charge on any atom is -0.497 e. The van der Waals surface area contributed by atoms with E-state index >= 15 is 0 Å². The lowest BCUT2D eigenvalue weighted by atomic mass is 9.86. The van der Waals surface area contributed by atoms with Gasteiger partial charge in [-0.05, 0) is 51.8 Å². The molecule has 0 spiro atoms. The van der Waals surface area contributed by atoms with Gasteiger partial charge in [-0.2, -0.15) is 0 Å². The van der Waals surface area contributed by atoms with Crippen molar-refractivity contribution in [2.45, 2.75) is 32.6 Å². The number of benzene rings is 2. The lowest BCUT2D eigenvalue weighted by Crippen LogP contribution is -2.10. The first-order valence-corrected chi connectivity index (χ1v) is 7.92. The van der Waals surface area contributed by atoms with Gasteiger partial charge in [0, 0.05) is 0 Å². The van der Waals surface area contributed by atoms with Crippen molar-refractivity contribution >= 4 is 11.1 Å². The van der Waals surface area contributed by atoms with Gasteiger partial charge in [-0.1, -0.05) is 70.3 Å². The molecule has 0 radical (unpaired) electrons. The summed E-state index contributed by atoms with van der Waals surface area (Å²) in [5.41, 5.74) is 5.96. The van der Waals surface area contributed by atoms with Gasteiger partial charge in [-0.15, -0.1) is 0 Å². The molecule has 0 aromatic heterocycles. The Morgan fingerprint density at radius 1 is 0.826 bits per heavy atom. The number of hydrogen-bond donors (Lipinski definition) is 0. The van der Waals surface area contributed by atoms with E-state index in [4.69, 9.17) is 4.74 Å². The Hall–Kier alpha value is -2.28. The third-order valence-corrected chi connectivity index (χ3v) is 4.08. The van der Waals surface area contributed by atoms with Gasteiger partial charge in [-0.3, -0.25) is 0 Å². The van der Waals surface area contributed by atoms with E-state index in [1.807, 2.05) is 24.3 Å². The highest BCUT2D eigenvalue weighted by Gasteiger charge is 2.13. The second-order valence-electron chi connectivity index (χ2n) is 6.94. The zero-order valence-corrected chi connectivity index (χ0v) is 14.6. The fraction of sp³-hybridized carbons (Fsp3) is 0.273. The first-order chi connectivity index (χ1) is 10.8. The van der Waals surface area contributed by atoms with Crippen molar-refractivity contribution in [2.24, 2.45) is 0 Å². The summed E-state index contributed by atoms with van der Waals surface area (Å²) in [7, 11) is 1.67. The largest absolute Gasteiger partial charge is 0.497 e. The van der Waals surface area contributed by atoms with Gasteiger partial charge in [0.1, 0.15) is 5.75 Å². The SMILES string of the molecule is C=C(CC(=C)c1ccc(C(C)(C)C)cc1)c1ccc(OC)cc1. The summed E-state index contributed by atoms with van der Waals surface area (Å²) in [6.45, 7) is 15.1. The van der Waals surface area contributed by atoms with Crippen LogP contribution in [0.25, 0.3) is 11.1 Å². The Kier molecular flexibility index (Phi) is 5.10. The third-order valence-electron chi connectivity index (χ3n) is 4.08. The summed E-state index contributed by atoms with van der Waals surface area (Å²) in [6.07, 6.45) is 0.765. The number of hydrogen-bond acceptors (Lipinski definition) is 1. The Morgan fingerprint density at radius 3 is 1.65 bits per heavy atom. The highest BCUT2D eigenvalue weighted by atomic mass is 16.5. The number of methoxy groups -OCH3 is 1. The molecular weight excluding hydrogens is 280 g/mol. The Balaban J connectivity index is 2.07. The molecule has 0 atom stereocenters. The monoisotopic (exact) mass is 306 g/mol. The van der Waals surface area contributed by atoms with E-state index in [0.29, 0.717) is 0 Å². The molecule has 0 aliphatic rings. The quantitative estimate of drug-likeness (QED) is 0.647. The van der Waals surface area contributed by atoms with Crippen molar-refractivity contribution in [3.05, 3.63) is 78.4 Å². The van der Waals surface area contributed by atoms with Crippen LogP contribution in [0, 0.1) is 0 Å². The van der Waals surface area contributed by atoms with Crippen LogP contribution in [0.5, 0.6) is 5.75 Å². The average molecular weight is 306 g/mol. The average Bonchev–Trinajstić information content (AvgIpc) is 2.54. The maximum Gasteiger partial charge on any atom is 0.118 e. The fourth-order valence-corrected chi connectivity index (χ4v) is 2.49. The van der Waals surface area contributed by atoms with E-state index in [-0.39, 0.29) is 5.41 Å². The van der Waals surface area contributed by atoms with E-state index < -0.39 is 0 Å². The standard InChI is InChI=1S/C22H26O/c1-16(18-7-11-20(12-8-18)22(3,4)5)15-17(2)19-9-13-21(23-6)14-10-19/h7-14H,1-2,15H2,3-6H3. The van der Waals surface area contributed by atoms with Crippen LogP contribution in [0.4, 0.5) is 0 Å². The number of ether oxygens (including phenoxy) is 1. The Labute approximate surface area is 140 Å². The Bertz CT molecular complexity index is 682. The van der Waals surface area contributed by atoms with E-state index in [2.05, 4.69) is 58.2 Å². The van der Waals surface area contributed by atoms with Crippen LogP contribution >= 0.6 is 0 Å². The zero-order valence-electron chi connectivity index (χ0n) is 14.6. The van der Waals surface area contributed by atoms with E-state index in [0.717, 1.165) is 28.9 Å². The zero-order chi connectivity index (χ0) is 17.0. The van der Waals surface area contributed by atoms with Gasteiger partial charge in [-0.25, -0.2) is 0 Å². The molecule has 2 aromatic rings. The summed E-state index contributed by atoms with van der Waals surface area (Å²) >= 11 is 0. The summed E-state index contributed by atoms with van der Waals surface area (Å²) in [4.78, 5) is 0. The summed E-state index contributed by atoms with van der Waals surface area (Å²) in [5, 5.41) is 0. The first-order valence-electron chi connectivity index (χ1n) is 7.92. The van der Waals surface area contributed by atoms with Crippen LogP contribution in [0.1, 0.15) is 43.9 Å². The van der Waals surface area contributed by atoms with Gasteiger partial charge in [0.05, 0.1) is 7.11 Å². The van der Waals surface area contributed by atoms with E-state index in [1.54, 1.807) is 7.11 Å². The summed E-state index contributed by atoms with van der Waals surface area (Å²) in [5.74, 6) is 0.859. The molecule has 0 amide bonds. The minimum absolute atomic E-state index is 0.173. The lowest BCUT2D eigenvalue weighted by molar-refractivity contribution is 0.415. The Morgan fingerprint density at radius 2 is 1.26 bits per heavy atom.